The van der Waals surface area contributed by atoms with Crippen molar-refractivity contribution in [2.24, 2.45) is 0 Å². The van der Waals surface area contributed by atoms with E-state index in [1.165, 1.54) is 31.4 Å². The van der Waals surface area contributed by atoms with Crippen molar-refractivity contribution in [1.29, 1.82) is 0 Å². The number of aromatic nitrogens is 2. The number of alkyl halides is 3. The number of halogens is 3. The molecule has 0 bridgehead atoms. The molecule has 0 unspecified atom stereocenters. The number of hydrogen-bond acceptors (Lipinski definition) is 6. The lowest BCUT2D eigenvalue weighted by Gasteiger charge is -2.19. The fraction of sp³-hybridized carbons (Fsp3) is 0.214. The third-order valence-electron chi connectivity index (χ3n) is 3.03. The first-order valence-corrected chi connectivity index (χ1v) is 6.35. The van der Waals surface area contributed by atoms with Crippen LogP contribution in [0.2, 0.25) is 0 Å². The molecule has 0 radical (unpaired) electrons. The summed E-state index contributed by atoms with van der Waals surface area (Å²) in [4.78, 5) is 23.5. The van der Waals surface area contributed by atoms with Crippen molar-refractivity contribution in [3.63, 3.8) is 0 Å². The Morgan fingerprint density at radius 1 is 1.21 bits per heavy atom. The highest BCUT2D eigenvalue weighted by Gasteiger charge is 2.39. The average molecular weight is 343 g/mol. The molecule has 0 saturated carbocycles. The standard InChI is InChI=1S/C14H11F3N2O5/c1-23-8-5-3-7(4-6-8)19-12(21)10(20)9(13(22)24-2)11(18-19)14(15,16)17/h3-6,20H,1-2H3/p-1. The summed E-state index contributed by atoms with van der Waals surface area (Å²) >= 11 is 0. The van der Waals surface area contributed by atoms with E-state index in [2.05, 4.69) is 9.84 Å². The molecule has 0 amide bonds. The Balaban J connectivity index is 2.77. The fourth-order valence-corrected chi connectivity index (χ4v) is 1.89. The Morgan fingerprint density at radius 2 is 1.79 bits per heavy atom. The summed E-state index contributed by atoms with van der Waals surface area (Å²) < 4.78 is 48.7. The predicted molar refractivity (Wildman–Crippen MR) is 72.2 cm³/mol. The van der Waals surface area contributed by atoms with Crippen LogP contribution in [0.25, 0.3) is 5.69 Å². The molecular weight excluding hydrogens is 333 g/mol. The van der Waals surface area contributed by atoms with Gasteiger partial charge in [0.2, 0.25) is 0 Å². The molecule has 2 aromatic rings. The number of carbonyl (C=O) groups is 1. The van der Waals surface area contributed by atoms with E-state index in [0.29, 0.717) is 5.75 Å². The van der Waals surface area contributed by atoms with Crippen molar-refractivity contribution >= 4 is 5.97 Å². The van der Waals surface area contributed by atoms with E-state index in [1.807, 2.05) is 0 Å². The molecule has 0 aliphatic carbocycles. The third kappa shape index (κ3) is 3.03. The van der Waals surface area contributed by atoms with E-state index >= 15 is 0 Å². The van der Waals surface area contributed by atoms with Crippen LogP contribution >= 0.6 is 0 Å². The monoisotopic (exact) mass is 343 g/mol. The second-order valence-electron chi connectivity index (χ2n) is 4.46. The number of nitrogens with zero attached hydrogens (tertiary/aromatic N) is 2. The van der Waals surface area contributed by atoms with Crippen molar-refractivity contribution in [1.82, 2.24) is 9.78 Å². The van der Waals surface area contributed by atoms with Gasteiger partial charge in [0.25, 0.3) is 5.56 Å². The van der Waals surface area contributed by atoms with Gasteiger partial charge in [-0.05, 0) is 30.0 Å². The van der Waals surface area contributed by atoms with Gasteiger partial charge in [-0.3, -0.25) is 4.79 Å². The van der Waals surface area contributed by atoms with E-state index in [4.69, 9.17) is 4.74 Å². The molecule has 2 rings (SSSR count). The molecule has 24 heavy (non-hydrogen) atoms. The van der Waals surface area contributed by atoms with Gasteiger partial charge in [-0.15, -0.1) is 0 Å². The zero-order valence-corrected chi connectivity index (χ0v) is 12.4. The third-order valence-corrected chi connectivity index (χ3v) is 3.03. The molecule has 0 atom stereocenters. The lowest BCUT2D eigenvalue weighted by atomic mass is 10.2. The summed E-state index contributed by atoms with van der Waals surface area (Å²) in [5.41, 5.74) is -4.75. The van der Waals surface area contributed by atoms with Crippen LogP contribution in [0.1, 0.15) is 16.1 Å². The van der Waals surface area contributed by atoms with Crippen LogP contribution in [0.3, 0.4) is 0 Å². The number of rotatable bonds is 3. The Hall–Kier alpha value is -3.04. The van der Waals surface area contributed by atoms with Gasteiger partial charge in [0, 0.05) is 0 Å². The average Bonchev–Trinajstić information content (AvgIpc) is 2.55. The van der Waals surface area contributed by atoms with Crippen LogP contribution in [0.5, 0.6) is 11.5 Å². The zero-order chi connectivity index (χ0) is 18.1. The number of benzene rings is 1. The minimum absolute atomic E-state index is 0.0974. The molecule has 1 aromatic heterocycles. The summed E-state index contributed by atoms with van der Waals surface area (Å²) in [6.07, 6.45) is -5.13. The van der Waals surface area contributed by atoms with Crippen LogP contribution in [-0.4, -0.2) is 30.0 Å². The van der Waals surface area contributed by atoms with Crippen molar-refractivity contribution < 1.29 is 32.5 Å². The van der Waals surface area contributed by atoms with E-state index < -0.39 is 34.7 Å². The van der Waals surface area contributed by atoms with E-state index in [9.17, 15) is 27.9 Å². The molecule has 7 nitrogen and oxygen atoms in total. The van der Waals surface area contributed by atoms with Crippen LogP contribution in [0, 0.1) is 0 Å². The van der Waals surface area contributed by atoms with Gasteiger partial charge >= 0.3 is 12.1 Å². The highest BCUT2D eigenvalue weighted by atomic mass is 19.4. The number of methoxy groups -OCH3 is 2. The normalized spacial score (nSPS) is 11.2. The lowest BCUT2D eigenvalue weighted by molar-refractivity contribution is -0.272. The number of hydrogen-bond donors (Lipinski definition) is 0. The SMILES string of the molecule is COC(=O)c1c(C(F)(F)F)nn(-c2ccc(OC)cc2)c(=O)c1[O-]. The van der Waals surface area contributed by atoms with Gasteiger partial charge in [-0.1, -0.05) is 0 Å². The van der Waals surface area contributed by atoms with Gasteiger partial charge in [0.1, 0.15) is 5.75 Å². The largest absolute Gasteiger partial charge is 0.868 e. The number of esters is 1. The lowest BCUT2D eigenvalue weighted by Crippen LogP contribution is -2.32. The molecule has 0 spiro atoms. The number of ether oxygens (including phenoxy) is 2. The summed E-state index contributed by atoms with van der Waals surface area (Å²) in [6, 6.07) is 5.22. The summed E-state index contributed by atoms with van der Waals surface area (Å²) in [7, 11) is 2.17. The van der Waals surface area contributed by atoms with Crippen LogP contribution in [0.4, 0.5) is 13.2 Å². The van der Waals surface area contributed by atoms with Crippen molar-refractivity contribution in [2.45, 2.75) is 6.18 Å². The molecule has 0 saturated heterocycles. The number of carbonyl (C=O) groups excluding carboxylic acids is 1. The van der Waals surface area contributed by atoms with Gasteiger partial charge in [-0.25, -0.2) is 4.79 Å². The van der Waals surface area contributed by atoms with Crippen molar-refractivity contribution in [3.8, 4) is 17.2 Å². The molecule has 1 aromatic carbocycles. The molecule has 0 N–H and O–H groups in total. The molecule has 0 aliphatic heterocycles. The Labute approximate surface area is 132 Å². The molecule has 10 heteroatoms. The maximum Gasteiger partial charge on any atom is 0.435 e. The fourth-order valence-electron chi connectivity index (χ4n) is 1.89. The molecule has 0 aliphatic rings. The second-order valence-corrected chi connectivity index (χ2v) is 4.46. The first-order chi connectivity index (χ1) is 11.2. The first-order valence-electron chi connectivity index (χ1n) is 6.35. The van der Waals surface area contributed by atoms with E-state index in [1.54, 1.807) is 0 Å². The smallest absolute Gasteiger partial charge is 0.435 e. The van der Waals surface area contributed by atoms with Gasteiger partial charge in [-0.2, -0.15) is 23.0 Å². The van der Waals surface area contributed by atoms with E-state index in [0.717, 1.165) is 7.11 Å². The molecule has 128 valence electrons. The quantitative estimate of drug-likeness (QED) is 0.776. The highest BCUT2D eigenvalue weighted by molar-refractivity contribution is 5.93. The van der Waals surface area contributed by atoms with Gasteiger partial charge in [0.05, 0.1) is 25.5 Å². The molecule has 0 fully saturated rings. The first kappa shape index (κ1) is 17.3. The van der Waals surface area contributed by atoms with Crippen LogP contribution in [0.15, 0.2) is 29.1 Å². The van der Waals surface area contributed by atoms with Crippen LogP contribution in [-0.2, 0) is 10.9 Å². The Morgan fingerprint density at radius 3 is 2.25 bits per heavy atom. The van der Waals surface area contributed by atoms with Crippen molar-refractivity contribution in [3.05, 3.63) is 45.9 Å². The predicted octanol–water partition coefficient (Wildman–Crippen LogP) is 1.12. The minimum Gasteiger partial charge on any atom is -0.868 e. The highest BCUT2D eigenvalue weighted by Crippen LogP contribution is 2.32. The summed E-state index contributed by atoms with van der Waals surface area (Å²) in [5.74, 6) is -2.85. The second kappa shape index (κ2) is 6.22. The Kier molecular flexibility index (Phi) is 4.49. The van der Waals surface area contributed by atoms with Crippen LogP contribution < -0.4 is 15.4 Å². The summed E-state index contributed by atoms with van der Waals surface area (Å²) in [5, 5.41) is 15.1. The van der Waals surface area contributed by atoms with Crippen molar-refractivity contribution in [2.75, 3.05) is 14.2 Å². The molecular formula is C14H10F3N2O5-. The maximum absolute atomic E-state index is 13.1. The molecule has 1 heterocycles. The summed E-state index contributed by atoms with van der Waals surface area (Å²) in [6.45, 7) is 0. The van der Waals surface area contributed by atoms with Gasteiger partial charge < -0.3 is 14.6 Å². The Bertz CT molecular complexity index is 828. The topological polar surface area (TPSA) is 93.5 Å². The van der Waals surface area contributed by atoms with Gasteiger partial charge in [0.15, 0.2) is 5.69 Å². The minimum atomic E-state index is -5.13. The maximum atomic E-state index is 13.1. The zero-order valence-electron chi connectivity index (χ0n) is 12.4. The van der Waals surface area contributed by atoms with E-state index in [-0.39, 0.29) is 10.4 Å².